The van der Waals surface area contributed by atoms with E-state index in [1.165, 1.54) is 0 Å². The number of methoxy groups -OCH3 is 1. The minimum absolute atomic E-state index is 0.0928. The van der Waals surface area contributed by atoms with Crippen molar-refractivity contribution in [1.82, 2.24) is 0 Å². The van der Waals surface area contributed by atoms with E-state index >= 15 is 0 Å². The first-order valence-corrected chi connectivity index (χ1v) is 11.1. The Kier molecular flexibility index (Phi) is 4.95. The van der Waals surface area contributed by atoms with E-state index < -0.39 is 0 Å². The molecule has 2 N–H and O–H groups in total. The molecule has 1 fully saturated rings. The van der Waals surface area contributed by atoms with Crippen LogP contribution in [0.3, 0.4) is 0 Å². The summed E-state index contributed by atoms with van der Waals surface area (Å²) in [5.41, 5.74) is 9.96. The third-order valence-corrected chi connectivity index (χ3v) is 6.81. The van der Waals surface area contributed by atoms with Gasteiger partial charge >= 0.3 is 0 Å². The number of rotatable bonds is 4. The number of halogens is 1. The van der Waals surface area contributed by atoms with Crippen LogP contribution in [0.4, 0.5) is 0 Å². The van der Waals surface area contributed by atoms with Gasteiger partial charge in [-0.15, -0.1) is 0 Å². The molecule has 5 heteroatoms. The normalized spacial score (nSPS) is 14.9. The van der Waals surface area contributed by atoms with Crippen LogP contribution in [-0.4, -0.2) is 7.11 Å². The molecule has 0 radical (unpaired) electrons. The van der Waals surface area contributed by atoms with Gasteiger partial charge in [-0.05, 0) is 58.5 Å². The topological polar surface area (TPSA) is 65.5 Å². The average Bonchev–Trinajstić information content (AvgIpc) is 2.78. The highest BCUT2D eigenvalue weighted by Crippen LogP contribution is 2.40. The Balaban J connectivity index is 1.76. The van der Waals surface area contributed by atoms with Crippen molar-refractivity contribution in [2.24, 2.45) is 5.73 Å². The zero-order valence-corrected chi connectivity index (χ0v) is 18.7. The van der Waals surface area contributed by atoms with E-state index in [4.69, 9.17) is 14.9 Å². The molecular weight excluding hydrogens is 454 g/mol. The van der Waals surface area contributed by atoms with Crippen LogP contribution in [-0.2, 0) is 5.54 Å². The van der Waals surface area contributed by atoms with Gasteiger partial charge < -0.3 is 14.9 Å². The fourth-order valence-corrected chi connectivity index (χ4v) is 4.71. The summed E-state index contributed by atoms with van der Waals surface area (Å²) in [5, 5.41) is 0.480. The molecule has 1 heterocycles. The molecule has 1 aliphatic carbocycles. The third kappa shape index (κ3) is 3.38. The molecule has 1 aromatic heterocycles. The van der Waals surface area contributed by atoms with Gasteiger partial charge in [0.1, 0.15) is 17.1 Å². The molecule has 0 saturated heterocycles. The maximum atomic E-state index is 13.7. The molecule has 31 heavy (non-hydrogen) atoms. The zero-order valence-electron chi connectivity index (χ0n) is 17.2. The predicted molar refractivity (Wildman–Crippen MR) is 127 cm³/mol. The minimum Gasteiger partial charge on any atom is -0.496 e. The van der Waals surface area contributed by atoms with Crippen LogP contribution in [0.25, 0.3) is 33.4 Å². The van der Waals surface area contributed by atoms with Gasteiger partial charge in [0.15, 0.2) is 0 Å². The van der Waals surface area contributed by atoms with E-state index in [9.17, 15) is 4.79 Å². The molecule has 4 aromatic rings. The van der Waals surface area contributed by atoms with Gasteiger partial charge in [-0.2, -0.15) is 0 Å². The van der Waals surface area contributed by atoms with Crippen LogP contribution >= 0.6 is 15.9 Å². The summed E-state index contributed by atoms with van der Waals surface area (Å²) in [6, 6.07) is 21.2. The number of ether oxygens (including phenoxy) is 1. The molecule has 0 bridgehead atoms. The first kappa shape index (κ1) is 20.0. The summed E-state index contributed by atoms with van der Waals surface area (Å²) in [5.74, 6) is 1.14. The lowest BCUT2D eigenvalue weighted by molar-refractivity contribution is 0.253. The molecule has 4 nitrogen and oxygen atoms in total. The second-order valence-electron chi connectivity index (χ2n) is 8.07. The first-order chi connectivity index (χ1) is 15.0. The summed E-state index contributed by atoms with van der Waals surface area (Å²) in [4.78, 5) is 13.7. The van der Waals surface area contributed by atoms with Crippen LogP contribution < -0.4 is 15.9 Å². The molecule has 0 spiro atoms. The number of fused-ring (bicyclic) bond motifs is 1. The number of hydrogen-bond acceptors (Lipinski definition) is 4. The monoisotopic (exact) mass is 475 g/mol. The van der Waals surface area contributed by atoms with Crippen molar-refractivity contribution < 1.29 is 9.15 Å². The van der Waals surface area contributed by atoms with Crippen LogP contribution in [0.5, 0.6) is 5.75 Å². The maximum Gasteiger partial charge on any atom is 0.201 e. The molecule has 0 atom stereocenters. The smallest absolute Gasteiger partial charge is 0.201 e. The summed E-state index contributed by atoms with van der Waals surface area (Å²) in [6.45, 7) is 0. The molecule has 1 aliphatic rings. The standard InChI is InChI=1S/C26H22BrNO3/c1-30-22-14-19-21(15-20(22)27)31-25(17-6-3-2-4-7-17)23(24(19)29)16-8-10-18(11-9-16)26(28)12-5-13-26/h2-4,6-11,14-15H,5,12-13,28H2,1H3. The molecule has 5 rings (SSSR count). The van der Waals surface area contributed by atoms with Crippen LogP contribution in [0.1, 0.15) is 24.8 Å². The molecule has 156 valence electrons. The largest absolute Gasteiger partial charge is 0.496 e. The van der Waals surface area contributed by atoms with Crippen molar-refractivity contribution in [3.8, 4) is 28.2 Å². The van der Waals surface area contributed by atoms with E-state index in [0.29, 0.717) is 28.0 Å². The van der Waals surface area contributed by atoms with E-state index in [1.54, 1.807) is 19.2 Å². The van der Waals surface area contributed by atoms with Gasteiger partial charge in [-0.25, -0.2) is 0 Å². The lowest BCUT2D eigenvalue weighted by Gasteiger charge is -2.38. The molecule has 1 saturated carbocycles. The fraction of sp³-hybridized carbons (Fsp3) is 0.192. The zero-order chi connectivity index (χ0) is 21.6. The van der Waals surface area contributed by atoms with Crippen molar-refractivity contribution >= 4 is 26.9 Å². The van der Waals surface area contributed by atoms with E-state index in [2.05, 4.69) is 15.9 Å². The van der Waals surface area contributed by atoms with E-state index in [-0.39, 0.29) is 11.0 Å². The van der Waals surface area contributed by atoms with E-state index in [1.807, 2.05) is 54.6 Å². The van der Waals surface area contributed by atoms with Gasteiger partial charge in [0, 0.05) is 11.1 Å². The fourth-order valence-electron chi connectivity index (χ4n) is 4.22. The maximum absolute atomic E-state index is 13.7. The van der Waals surface area contributed by atoms with Crippen molar-refractivity contribution in [2.75, 3.05) is 7.11 Å². The summed E-state index contributed by atoms with van der Waals surface area (Å²) < 4.78 is 12.4. The Morgan fingerprint density at radius 3 is 2.32 bits per heavy atom. The van der Waals surface area contributed by atoms with Gasteiger partial charge in [-0.1, -0.05) is 54.6 Å². The molecule has 3 aromatic carbocycles. The Labute approximate surface area is 188 Å². The molecule has 0 unspecified atom stereocenters. The van der Waals surface area contributed by atoms with Crippen molar-refractivity contribution in [3.05, 3.63) is 87.0 Å². The summed E-state index contributed by atoms with van der Waals surface area (Å²) in [7, 11) is 1.58. The van der Waals surface area contributed by atoms with Crippen LogP contribution in [0, 0.1) is 0 Å². The second-order valence-corrected chi connectivity index (χ2v) is 8.93. The highest BCUT2D eigenvalue weighted by atomic mass is 79.9. The van der Waals surface area contributed by atoms with Crippen molar-refractivity contribution in [2.45, 2.75) is 24.8 Å². The lowest BCUT2D eigenvalue weighted by Crippen LogP contribution is -2.43. The Morgan fingerprint density at radius 2 is 1.71 bits per heavy atom. The lowest BCUT2D eigenvalue weighted by atomic mass is 9.72. The SMILES string of the molecule is COc1cc2c(=O)c(-c3ccc(C4(N)CCC4)cc3)c(-c3ccccc3)oc2cc1Br. The van der Waals surface area contributed by atoms with Gasteiger partial charge in [0.05, 0.1) is 22.5 Å². The minimum atomic E-state index is -0.242. The highest BCUT2D eigenvalue weighted by molar-refractivity contribution is 9.10. The van der Waals surface area contributed by atoms with E-state index in [0.717, 1.165) is 40.4 Å². The number of nitrogens with two attached hydrogens (primary N) is 1. The molecular formula is C26H22BrNO3. The number of benzene rings is 3. The van der Waals surface area contributed by atoms with Gasteiger partial charge in [0.2, 0.25) is 5.43 Å². The quantitative estimate of drug-likeness (QED) is 0.379. The third-order valence-electron chi connectivity index (χ3n) is 6.20. The summed E-state index contributed by atoms with van der Waals surface area (Å²) >= 11 is 3.49. The molecule has 0 aliphatic heterocycles. The number of hydrogen-bond donors (Lipinski definition) is 1. The summed E-state index contributed by atoms with van der Waals surface area (Å²) in [6.07, 6.45) is 3.14. The Morgan fingerprint density at radius 1 is 1.00 bits per heavy atom. The Hall–Kier alpha value is -2.89. The van der Waals surface area contributed by atoms with Gasteiger partial charge in [-0.3, -0.25) is 4.79 Å². The average molecular weight is 476 g/mol. The Bertz CT molecular complexity index is 1320. The van der Waals surface area contributed by atoms with Crippen molar-refractivity contribution in [3.63, 3.8) is 0 Å². The van der Waals surface area contributed by atoms with Crippen LogP contribution in [0.2, 0.25) is 0 Å². The highest BCUT2D eigenvalue weighted by Gasteiger charge is 2.34. The van der Waals surface area contributed by atoms with Crippen molar-refractivity contribution in [1.29, 1.82) is 0 Å². The second kappa shape index (κ2) is 7.66. The first-order valence-electron chi connectivity index (χ1n) is 10.3. The predicted octanol–water partition coefficient (Wildman–Crippen LogP) is 6.24. The molecule has 0 amide bonds. The van der Waals surface area contributed by atoms with Crippen LogP contribution in [0.15, 0.2) is 80.4 Å². The van der Waals surface area contributed by atoms with Gasteiger partial charge in [0.25, 0.3) is 0 Å².